The van der Waals surface area contributed by atoms with Crippen LogP contribution in [0.5, 0.6) is 0 Å². The molecule has 1 aromatic rings. The molecule has 1 saturated heterocycles. The number of thioether (sulfide) groups is 1. The van der Waals surface area contributed by atoms with Crippen LogP contribution in [0.1, 0.15) is 39.2 Å². The van der Waals surface area contributed by atoms with E-state index in [1.165, 1.54) is 18.7 Å². The summed E-state index contributed by atoms with van der Waals surface area (Å²) in [5, 5.41) is 13.9. The second-order valence-corrected chi connectivity index (χ2v) is 9.69. The van der Waals surface area contributed by atoms with Crippen molar-refractivity contribution in [3.8, 4) is 0 Å². The SMILES string of the molecule is CC(=O)NC1=C(C(=O)O)N2C(=O)C(NC(=O)C(C(=O)OC(C)(C)C)c3ccccc3)[C@H]2SC1. The molecule has 3 N–H and O–H groups in total. The zero-order valence-electron chi connectivity index (χ0n) is 18.6. The van der Waals surface area contributed by atoms with Crippen LogP contribution >= 0.6 is 11.8 Å². The van der Waals surface area contributed by atoms with Crippen molar-refractivity contribution in [3.63, 3.8) is 0 Å². The predicted octanol–water partition coefficient (Wildman–Crippen LogP) is 0.944. The van der Waals surface area contributed by atoms with E-state index in [9.17, 15) is 29.1 Å². The van der Waals surface area contributed by atoms with E-state index in [1.54, 1.807) is 51.1 Å². The Kier molecular flexibility index (Phi) is 6.82. The molecule has 10 nitrogen and oxygen atoms in total. The van der Waals surface area contributed by atoms with Gasteiger partial charge in [0.15, 0.2) is 11.6 Å². The number of nitrogens with zero attached hydrogens (tertiary/aromatic N) is 1. The van der Waals surface area contributed by atoms with Crippen molar-refractivity contribution in [1.82, 2.24) is 15.5 Å². The molecule has 2 aliphatic rings. The normalized spacial score (nSPS) is 20.8. The van der Waals surface area contributed by atoms with Crippen molar-refractivity contribution < 1.29 is 33.8 Å². The number of hydrogen-bond acceptors (Lipinski definition) is 7. The number of β-lactam (4-membered cyclic amide) rings is 1. The van der Waals surface area contributed by atoms with Crippen molar-refractivity contribution >= 4 is 41.4 Å². The lowest BCUT2D eigenvalue weighted by Crippen LogP contribution is -2.71. The van der Waals surface area contributed by atoms with E-state index >= 15 is 0 Å². The fourth-order valence-electron chi connectivity index (χ4n) is 3.57. The number of nitrogens with one attached hydrogen (secondary N) is 2. The predicted molar refractivity (Wildman–Crippen MR) is 119 cm³/mol. The third-order valence-electron chi connectivity index (χ3n) is 4.83. The molecule has 0 bridgehead atoms. The molecule has 3 amide bonds. The summed E-state index contributed by atoms with van der Waals surface area (Å²) in [5.41, 5.74) is -0.627. The monoisotopic (exact) mass is 475 g/mol. The summed E-state index contributed by atoms with van der Waals surface area (Å²) < 4.78 is 5.42. The van der Waals surface area contributed by atoms with Gasteiger partial charge in [-0.15, -0.1) is 11.8 Å². The summed E-state index contributed by atoms with van der Waals surface area (Å²) in [7, 11) is 0. The maximum absolute atomic E-state index is 13.1. The number of carbonyl (C=O) groups excluding carboxylic acids is 4. The van der Waals surface area contributed by atoms with Crippen LogP contribution in [0.15, 0.2) is 41.7 Å². The van der Waals surface area contributed by atoms with E-state index in [-0.39, 0.29) is 17.1 Å². The number of aliphatic carboxylic acids is 1. The molecule has 176 valence electrons. The van der Waals surface area contributed by atoms with Gasteiger partial charge in [0.25, 0.3) is 5.91 Å². The van der Waals surface area contributed by atoms with Gasteiger partial charge in [0.2, 0.25) is 11.8 Å². The fourth-order valence-corrected chi connectivity index (χ4v) is 4.85. The Morgan fingerprint density at radius 1 is 1.18 bits per heavy atom. The first-order valence-electron chi connectivity index (χ1n) is 10.2. The lowest BCUT2D eigenvalue weighted by atomic mass is 9.96. The number of fused-ring (bicyclic) bond motifs is 1. The Bertz CT molecular complexity index is 1030. The molecule has 3 rings (SSSR count). The first kappa shape index (κ1) is 24.3. The van der Waals surface area contributed by atoms with Gasteiger partial charge in [0.05, 0.1) is 5.70 Å². The van der Waals surface area contributed by atoms with Crippen LogP contribution in [0.3, 0.4) is 0 Å². The molecule has 0 aromatic heterocycles. The van der Waals surface area contributed by atoms with Crippen LogP contribution in [0.2, 0.25) is 0 Å². The summed E-state index contributed by atoms with van der Waals surface area (Å²) in [6.07, 6.45) is 0. The summed E-state index contributed by atoms with van der Waals surface area (Å²) >= 11 is 1.20. The Labute approximate surface area is 194 Å². The number of amides is 3. The molecular formula is C22H25N3O7S. The fraction of sp³-hybridized carbons (Fsp3) is 0.409. The van der Waals surface area contributed by atoms with Crippen LogP contribution < -0.4 is 10.6 Å². The maximum Gasteiger partial charge on any atom is 0.354 e. The zero-order valence-corrected chi connectivity index (χ0v) is 19.4. The average molecular weight is 476 g/mol. The highest BCUT2D eigenvalue weighted by atomic mass is 32.2. The molecule has 0 saturated carbocycles. The third-order valence-corrected chi connectivity index (χ3v) is 6.11. The molecule has 11 heteroatoms. The second kappa shape index (κ2) is 9.26. The standard InChI is InChI=1S/C22H25N3O7S/c1-11(26)23-13-10-33-19-15(18(28)25(19)16(13)20(29)30)24-17(27)14(12-8-6-5-7-9-12)21(31)32-22(2,3)4/h5-9,14-15,19H,10H2,1-4H3,(H,23,26)(H,24,27)(H,29,30)/t14?,15?,19-/m1/s1. The minimum atomic E-state index is -1.36. The van der Waals surface area contributed by atoms with Gasteiger partial charge in [0.1, 0.15) is 17.0 Å². The van der Waals surface area contributed by atoms with E-state index in [1.807, 2.05) is 0 Å². The smallest absolute Gasteiger partial charge is 0.354 e. The van der Waals surface area contributed by atoms with Gasteiger partial charge in [-0.1, -0.05) is 30.3 Å². The van der Waals surface area contributed by atoms with Gasteiger partial charge in [-0.05, 0) is 26.3 Å². The highest BCUT2D eigenvalue weighted by molar-refractivity contribution is 8.00. The first-order valence-corrected chi connectivity index (χ1v) is 11.2. The minimum absolute atomic E-state index is 0.116. The molecule has 1 aromatic carbocycles. The number of hydrogen-bond donors (Lipinski definition) is 3. The van der Waals surface area contributed by atoms with Crippen molar-refractivity contribution in [2.45, 2.75) is 50.6 Å². The Balaban J connectivity index is 1.83. The van der Waals surface area contributed by atoms with Crippen LogP contribution in [0.25, 0.3) is 0 Å². The number of carboxylic acid groups (broad SMARTS) is 1. The number of esters is 1. The summed E-state index contributed by atoms with van der Waals surface area (Å²) in [4.78, 5) is 63.0. The number of carbonyl (C=O) groups is 5. The number of benzene rings is 1. The largest absolute Gasteiger partial charge is 0.477 e. The molecule has 2 aliphatic heterocycles. The van der Waals surface area contributed by atoms with Gasteiger partial charge in [-0.2, -0.15) is 0 Å². The molecule has 2 heterocycles. The van der Waals surface area contributed by atoms with Gasteiger partial charge < -0.3 is 20.5 Å². The maximum atomic E-state index is 13.1. The van der Waals surface area contributed by atoms with Crippen LogP contribution in [-0.2, 0) is 28.7 Å². The van der Waals surface area contributed by atoms with Gasteiger partial charge >= 0.3 is 11.9 Å². The molecule has 0 aliphatic carbocycles. The molecule has 33 heavy (non-hydrogen) atoms. The molecule has 0 spiro atoms. The number of ether oxygens (including phenoxy) is 1. The van der Waals surface area contributed by atoms with Crippen molar-refractivity contribution in [2.75, 3.05) is 5.75 Å². The van der Waals surface area contributed by atoms with E-state index in [2.05, 4.69) is 10.6 Å². The van der Waals surface area contributed by atoms with Crippen LogP contribution in [0, 0.1) is 0 Å². The Hall–Kier alpha value is -3.34. The summed E-state index contributed by atoms with van der Waals surface area (Å²) in [6.45, 7) is 6.29. The summed E-state index contributed by atoms with van der Waals surface area (Å²) in [6, 6.07) is 7.31. The molecule has 3 atom stereocenters. The van der Waals surface area contributed by atoms with Gasteiger partial charge in [0, 0.05) is 12.7 Å². The molecule has 0 radical (unpaired) electrons. The van der Waals surface area contributed by atoms with Gasteiger partial charge in [-0.3, -0.25) is 24.1 Å². The number of carboxylic acids is 1. The van der Waals surface area contributed by atoms with E-state index in [0.717, 1.165) is 4.90 Å². The van der Waals surface area contributed by atoms with E-state index in [4.69, 9.17) is 4.74 Å². The van der Waals surface area contributed by atoms with Crippen molar-refractivity contribution in [1.29, 1.82) is 0 Å². The summed E-state index contributed by atoms with van der Waals surface area (Å²) in [5.74, 6) is -5.10. The quantitative estimate of drug-likeness (QED) is 0.314. The topological polar surface area (TPSA) is 142 Å². The van der Waals surface area contributed by atoms with Gasteiger partial charge in [-0.25, -0.2) is 4.79 Å². The Morgan fingerprint density at radius 3 is 2.36 bits per heavy atom. The third kappa shape index (κ3) is 5.19. The molecular weight excluding hydrogens is 450 g/mol. The van der Waals surface area contributed by atoms with Crippen LogP contribution in [-0.4, -0.2) is 62.4 Å². The number of rotatable bonds is 6. The zero-order chi connectivity index (χ0) is 24.5. The van der Waals surface area contributed by atoms with E-state index < -0.39 is 52.6 Å². The lowest BCUT2D eigenvalue weighted by molar-refractivity contribution is -0.160. The van der Waals surface area contributed by atoms with Crippen molar-refractivity contribution in [3.05, 3.63) is 47.3 Å². The first-order chi connectivity index (χ1) is 15.4. The average Bonchev–Trinajstić information content (AvgIpc) is 2.70. The molecule has 2 unspecified atom stereocenters. The van der Waals surface area contributed by atoms with Crippen LogP contribution in [0.4, 0.5) is 0 Å². The van der Waals surface area contributed by atoms with Crippen molar-refractivity contribution in [2.24, 2.45) is 0 Å². The lowest BCUT2D eigenvalue weighted by Gasteiger charge is -2.49. The Morgan fingerprint density at radius 2 is 1.82 bits per heavy atom. The van der Waals surface area contributed by atoms with E-state index in [0.29, 0.717) is 5.56 Å². The highest BCUT2D eigenvalue weighted by Crippen LogP contribution is 2.40. The minimum Gasteiger partial charge on any atom is -0.477 e. The highest BCUT2D eigenvalue weighted by Gasteiger charge is 2.55. The second-order valence-electron chi connectivity index (χ2n) is 8.59. The molecule has 1 fully saturated rings.